The van der Waals surface area contributed by atoms with Crippen molar-refractivity contribution in [3.05, 3.63) is 0 Å². The second kappa shape index (κ2) is 9.56. The lowest BCUT2D eigenvalue weighted by Gasteiger charge is -2.47. The van der Waals surface area contributed by atoms with Crippen LogP contribution in [0.5, 0.6) is 0 Å². The first-order chi connectivity index (χ1) is 13.2. The molecule has 4 heteroatoms. The third-order valence-electron chi connectivity index (χ3n) is 8.09. The first kappa shape index (κ1) is 20.1. The fourth-order valence-electron chi connectivity index (χ4n) is 5.78. The van der Waals surface area contributed by atoms with Gasteiger partial charge >= 0.3 is 0 Å². The van der Waals surface area contributed by atoms with Crippen LogP contribution in [0, 0.1) is 11.8 Å². The predicted octanol–water partition coefficient (Wildman–Crippen LogP) is 3.46. The topological polar surface area (TPSA) is 19.0 Å². The average molecular weight is 378 g/mol. The molecule has 0 aromatic carbocycles. The molecule has 0 spiro atoms. The monoisotopic (exact) mass is 377 g/mol. The summed E-state index contributed by atoms with van der Waals surface area (Å²) in [6.07, 6.45) is 13.2. The minimum Gasteiger partial charge on any atom is -0.375 e. The maximum atomic E-state index is 6.48. The van der Waals surface area contributed by atoms with E-state index in [-0.39, 0.29) is 0 Å². The number of piperidine rings is 3. The van der Waals surface area contributed by atoms with Crippen LogP contribution in [0.4, 0.5) is 0 Å². The summed E-state index contributed by atoms with van der Waals surface area (Å²) in [5, 5.41) is 0. The summed E-state index contributed by atoms with van der Waals surface area (Å²) in [7, 11) is 2.26. The van der Waals surface area contributed by atoms with E-state index in [1.807, 2.05) is 0 Å². The second-order valence-electron chi connectivity index (χ2n) is 10.0. The van der Waals surface area contributed by atoms with Crippen molar-refractivity contribution in [3.8, 4) is 0 Å². The SMILES string of the molecule is CCC1CCN([C@H]2C[C@H](OC3CCN(CC4CCN(C)CC4)CC3)C2)CC1. The van der Waals surface area contributed by atoms with Gasteiger partial charge in [-0.25, -0.2) is 0 Å². The summed E-state index contributed by atoms with van der Waals surface area (Å²) >= 11 is 0. The van der Waals surface area contributed by atoms with E-state index in [4.69, 9.17) is 4.74 Å². The molecule has 4 nitrogen and oxygen atoms in total. The van der Waals surface area contributed by atoms with Crippen molar-refractivity contribution < 1.29 is 4.74 Å². The van der Waals surface area contributed by atoms with Gasteiger partial charge in [-0.15, -0.1) is 0 Å². The number of hydrogen-bond donors (Lipinski definition) is 0. The Balaban J connectivity index is 1.08. The van der Waals surface area contributed by atoms with Crippen LogP contribution in [0.25, 0.3) is 0 Å². The van der Waals surface area contributed by atoms with Gasteiger partial charge in [-0.05, 0) is 96.4 Å². The number of ether oxygens (including phenoxy) is 1. The van der Waals surface area contributed by atoms with Gasteiger partial charge in [-0.1, -0.05) is 13.3 Å². The molecule has 0 aromatic heterocycles. The number of nitrogens with zero attached hydrogens (tertiary/aromatic N) is 3. The summed E-state index contributed by atoms with van der Waals surface area (Å²) in [6.45, 7) is 11.5. The third kappa shape index (κ3) is 5.46. The van der Waals surface area contributed by atoms with E-state index in [0.717, 1.165) is 17.9 Å². The molecular weight excluding hydrogens is 334 g/mol. The molecule has 156 valence electrons. The standard InChI is InChI=1S/C23H43N3O/c1-3-19-6-14-26(15-7-19)21-16-23(17-21)27-22-8-12-25(13-9-22)18-20-4-10-24(2)11-5-20/h19-23H,3-18H2,1-2H3/t21-,23-. The first-order valence-electron chi connectivity index (χ1n) is 12.0. The molecule has 4 aliphatic rings. The lowest BCUT2D eigenvalue weighted by atomic mass is 9.84. The van der Waals surface area contributed by atoms with E-state index in [0.29, 0.717) is 12.2 Å². The minimum atomic E-state index is 0.538. The molecule has 0 unspecified atom stereocenters. The van der Waals surface area contributed by atoms with Crippen LogP contribution in [0.2, 0.25) is 0 Å². The Morgan fingerprint density at radius 2 is 1.37 bits per heavy atom. The van der Waals surface area contributed by atoms with E-state index >= 15 is 0 Å². The van der Waals surface area contributed by atoms with Crippen LogP contribution in [-0.2, 0) is 4.74 Å². The van der Waals surface area contributed by atoms with Gasteiger partial charge in [0.2, 0.25) is 0 Å². The van der Waals surface area contributed by atoms with Gasteiger partial charge < -0.3 is 19.4 Å². The van der Waals surface area contributed by atoms with Gasteiger partial charge in [0.05, 0.1) is 12.2 Å². The highest BCUT2D eigenvalue weighted by molar-refractivity contribution is 4.91. The second-order valence-corrected chi connectivity index (χ2v) is 10.0. The van der Waals surface area contributed by atoms with Crippen LogP contribution in [0.15, 0.2) is 0 Å². The van der Waals surface area contributed by atoms with Gasteiger partial charge in [-0.3, -0.25) is 0 Å². The highest BCUT2D eigenvalue weighted by Crippen LogP contribution is 2.34. The molecule has 0 N–H and O–H groups in total. The van der Waals surface area contributed by atoms with E-state index in [2.05, 4.69) is 28.7 Å². The largest absolute Gasteiger partial charge is 0.375 e. The van der Waals surface area contributed by atoms with Gasteiger partial charge in [-0.2, -0.15) is 0 Å². The molecular formula is C23H43N3O. The summed E-state index contributed by atoms with van der Waals surface area (Å²) in [4.78, 5) is 7.96. The first-order valence-corrected chi connectivity index (χ1v) is 12.0. The summed E-state index contributed by atoms with van der Waals surface area (Å²) in [5.74, 6) is 1.93. The van der Waals surface area contributed by atoms with Gasteiger partial charge in [0.15, 0.2) is 0 Å². The smallest absolute Gasteiger partial charge is 0.0608 e. The fraction of sp³-hybridized carbons (Fsp3) is 1.00. The maximum Gasteiger partial charge on any atom is 0.0608 e. The Morgan fingerprint density at radius 1 is 0.741 bits per heavy atom. The Hall–Kier alpha value is -0.160. The minimum absolute atomic E-state index is 0.538. The summed E-state index contributed by atoms with van der Waals surface area (Å²) in [5.41, 5.74) is 0. The van der Waals surface area contributed by atoms with Crippen molar-refractivity contribution in [2.45, 2.75) is 83.0 Å². The van der Waals surface area contributed by atoms with Gasteiger partial charge in [0.25, 0.3) is 0 Å². The van der Waals surface area contributed by atoms with Crippen molar-refractivity contribution in [1.82, 2.24) is 14.7 Å². The Labute approximate surface area is 167 Å². The Morgan fingerprint density at radius 3 is 2.00 bits per heavy atom. The van der Waals surface area contributed by atoms with Crippen LogP contribution < -0.4 is 0 Å². The number of rotatable bonds is 6. The van der Waals surface area contributed by atoms with Crippen LogP contribution in [0.3, 0.4) is 0 Å². The molecule has 0 amide bonds. The molecule has 3 aliphatic heterocycles. The molecule has 4 fully saturated rings. The van der Waals surface area contributed by atoms with Crippen molar-refractivity contribution in [1.29, 1.82) is 0 Å². The number of likely N-dealkylation sites (tertiary alicyclic amines) is 3. The predicted molar refractivity (Wildman–Crippen MR) is 112 cm³/mol. The highest BCUT2D eigenvalue weighted by Gasteiger charge is 2.37. The van der Waals surface area contributed by atoms with E-state index in [9.17, 15) is 0 Å². The average Bonchev–Trinajstić information content (AvgIpc) is 2.68. The van der Waals surface area contributed by atoms with Gasteiger partial charge in [0.1, 0.15) is 0 Å². The fourth-order valence-corrected chi connectivity index (χ4v) is 5.78. The molecule has 4 rings (SSSR count). The molecule has 0 bridgehead atoms. The summed E-state index contributed by atoms with van der Waals surface area (Å²) in [6, 6.07) is 0.831. The molecule has 0 radical (unpaired) electrons. The highest BCUT2D eigenvalue weighted by atomic mass is 16.5. The van der Waals surface area contributed by atoms with Crippen molar-refractivity contribution >= 4 is 0 Å². The zero-order chi connectivity index (χ0) is 18.6. The molecule has 1 aliphatic carbocycles. The lowest BCUT2D eigenvalue weighted by molar-refractivity contribution is -0.107. The van der Waals surface area contributed by atoms with Gasteiger partial charge in [0, 0.05) is 25.7 Å². The normalized spacial score (nSPS) is 34.0. The quantitative estimate of drug-likeness (QED) is 0.705. The molecule has 0 aromatic rings. The van der Waals surface area contributed by atoms with Crippen molar-refractivity contribution in [2.75, 3.05) is 52.9 Å². The molecule has 3 heterocycles. The van der Waals surface area contributed by atoms with E-state index in [1.165, 1.54) is 104 Å². The van der Waals surface area contributed by atoms with Crippen molar-refractivity contribution in [2.24, 2.45) is 11.8 Å². The Kier molecular flexibility index (Phi) is 7.13. The maximum absolute atomic E-state index is 6.48. The van der Waals surface area contributed by atoms with Crippen LogP contribution >= 0.6 is 0 Å². The molecule has 1 saturated carbocycles. The summed E-state index contributed by atoms with van der Waals surface area (Å²) < 4.78 is 6.48. The van der Waals surface area contributed by atoms with E-state index in [1.54, 1.807) is 0 Å². The van der Waals surface area contributed by atoms with Crippen LogP contribution in [-0.4, -0.2) is 85.8 Å². The van der Waals surface area contributed by atoms with Crippen molar-refractivity contribution in [3.63, 3.8) is 0 Å². The molecule has 27 heavy (non-hydrogen) atoms. The zero-order valence-electron chi connectivity index (χ0n) is 18.0. The molecule has 0 atom stereocenters. The van der Waals surface area contributed by atoms with E-state index < -0.39 is 0 Å². The molecule has 3 saturated heterocycles. The van der Waals surface area contributed by atoms with Crippen LogP contribution in [0.1, 0.15) is 64.7 Å². The third-order valence-corrected chi connectivity index (χ3v) is 8.09. The Bertz CT molecular complexity index is 429. The lowest BCUT2D eigenvalue weighted by Crippen LogP contribution is -2.52. The zero-order valence-corrected chi connectivity index (χ0v) is 18.0. The number of hydrogen-bond acceptors (Lipinski definition) is 4.